The molecule has 1 aliphatic rings. The Morgan fingerprint density at radius 2 is 2.20 bits per heavy atom. The van der Waals surface area contributed by atoms with Crippen LogP contribution < -0.4 is 10.1 Å². The molecule has 1 unspecified atom stereocenters. The third kappa shape index (κ3) is 2.65. The standard InChI is InChI=1S/C12H16BrNO/c1-8(9-3-4-9)14-10-5-6-12(15-2)11(13)7-10/h5-9,14H,3-4H2,1-2H3. The monoisotopic (exact) mass is 269 g/mol. The molecular weight excluding hydrogens is 254 g/mol. The second-order valence-corrected chi connectivity index (χ2v) is 4.97. The Morgan fingerprint density at radius 3 is 2.73 bits per heavy atom. The second-order valence-electron chi connectivity index (χ2n) is 4.12. The number of hydrogen-bond acceptors (Lipinski definition) is 2. The molecule has 0 bridgehead atoms. The van der Waals surface area contributed by atoms with Crippen LogP contribution in [0.4, 0.5) is 5.69 Å². The molecule has 2 rings (SSSR count). The van der Waals surface area contributed by atoms with E-state index >= 15 is 0 Å². The van der Waals surface area contributed by atoms with Gasteiger partial charge in [0.05, 0.1) is 11.6 Å². The van der Waals surface area contributed by atoms with Crippen LogP contribution in [0.2, 0.25) is 0 Å². The summed E-state index contributed by atoms with van der Waals surface area (Å²) in [6.07, 6.45) is 2.73. The van der Waals surface area contributed by atoms with Crippen molar-refractivity contribution in [2.24, 2.45) is 5.92 Å². The van der Waals surface area contributed by atoms with Gasteiger partial charge >= 0.3 is 0 Å². The highest BCUT2D eigenvalue weighted by Gasteiger charge is 2.27. The summed E-state index contributed by atoms with van der Waals surface area (Å²) in [6, 6.07) is 6.68. The summed E-state index contributed by atoms with van der Waals surface area (Å²) in [5.41, 5.74) is 1.15. The average Bonchev–Trinajstić information content (AvgIpc) is 3.01. The summed E-state index contributed by atoms with van der Waals surface area (Å²) in [4.78, 5) is 0. The minimum absolute atomic E-state index is 0.574. The van der Waals surface area contributed by atoms with Gasteiger partial charge in [0.1, 0.15) is 5.75 Å². The summed E-state index contributed by atoms with van der Waals surface area (Å²) >= 11 is 3.48. The molecule has 0 aromatic heterocycles. The van der Waals surface area contributed by atoms with Crippen molar-refractivity contribution in [2.75, 3.05) is 12.4 Å². The molecular formula is C12H16BrNO. The quantitative estimate of drug-likeness (QED) is 0.901. The molecule has 1 aromatic rings. The van der Waals surface area contributed by atoms with Crippen molar-refractivity contribution in [2.45, 2.75) is 25.8 Å². The van der Waals surface area contributed by atoms with Crippen LogP contribution in [0.25, 0.3) is 0 Å². The molecule has 1 atom stereocenters. The van der Waals surface area contributed by atoms with E-state index in [1.807, 2.05) is 6.07 Å². The molecule has 0 spiro atoms. The zero-order chi connectivity index (χ0) is 10.8. The van der Waals surface area contributed by atoms with Gasteiger partial charge in [0, 0.05) is 11.7 Å². The van der Waals surface area contributed by atoms with Gasteiger partial charge < -0.3 is 10.1 Å². The van der Waals surface area contributed by atoms with E-state index in [2.05, 4.69) is 40.3 Å². The largest absolute Gasteiger partial charge is 0.496 e. The van der Waals surface area contributed by atoms with E-state index in [4.69, 9.17) is 4.74 Å². The van der Waals surface area contributed by atoms with Crippen LogP contribution >= 0.6 is 15.9 Å². The average molecular weight is 270 g/mol. The lowest BCUT2D eigenvalue weighted by molar-refractivity contribution is 0.412. The van der Waals surface area contributed by atoms with E-state index in [0.717, 1.165) is 21.8 Å². The number of rotatable bonds is 4. The summed E-state index contributed by atoms with van der Waals surface area (Å²) in [5, 5.41) is 3.51. The van der Waals surface area contributed by atoms with Crippen LogP contribution in [-0.2, 0) is 0 Å². The number of halogens is 1. The Hall–Kier alpha value is -0.700. The van der Waals surface area contributed by atoms with Crippen LogP contribution in [-0.4, -0.2) is 13.2 Å². The zero-order valence-corrected chi connectivity index (χ0v) is 10.7. The van der Waals surface area contributed by atoms with Crippen LogP contribution in [0.1, 0.15) is 19.8 Å². The number of anilines is 1. The molecule has 1 fully saturated rings. The highest BCUT2D eigenvalue weighted by molar-refractivity contribution is 9.10. The molecule has 0 heterocycles. The van der Waals surface area contributed by atoms with Gasteiger partial charge in [-0.25, -0.2) is 0 Å². The molecule has 3 heteroatoms. The van der Waals surface area contributed by atoms with Crippen LogP contribution in [0.3, 0.4) is 0 Å². The highest BCUT2D eigenvalue weighted by Crippen LogP contribution is 2.35. The Kier molecular flexibility index (Phi) is 3.19. The van der Waals surface area contributed by atoms with Gasteiger partial charge in [-0.2, -0.15) is 0 Å². The molecule has 2 nitrogen and oxygen atoms in total. The molecule has 82 valence electrons. The lowest BCUT2D eigenvalue weighted by atomic mass is 10.2. The maximum Gasteiger partial charge on any atom is 0.133 e. The van der Waals surface area contributed by atoms with Gasteiger partial charge in [0.25, 0.3) is 0 Å². The van der Waals surface area contributed by atoms with Crippen molar-refractivity contribution >= 4 is 21.6 Å². The fourth-order valence-electron chi connectivity index (χ4n) is 1.73. The predicted molar refractivity (Wildman–Crippen MR) is 66.5 cm³/mol. The van der Waals surface area contributed by atoms with Crippen molar-refractivity contribution in [1.82, 2.24) is 0 Å². The van der Waals surface area contributed by atoms with Gasteiger partial charge in [0.15, 0.2) is 0 Å². The van der Waals surface area contributed by atoms with Gasteiger partial charge in [-0.15, -0.1) is 0 Å². The molecule has 1 aliphatic carbocycles. The smallest absolute Gasteiger partial charge is 0.133 e. The molecule has 1 N–H and O–H groups in total. The van der Waals surface area contributed by atoms with E-state index in [1.54, 1.807) is 7.11 Å². The van der Waals surface area contributed by atoms with Gasteiger partial charge in [-0.05, 0) is 59.8 Å². The maximum absolute atomic E-state index is 5.19. The maximum atomic E-state index is 5.19. The van der Waals surface area contributed by atoms with E-state index in [9.17, 15) is 0 Å². The molecule has 15 heavy (non-hydrogen) atoms. The van der Waals surface area contributed by atoms with Gasteiger partial charge in [0.2, 0.25) is 0 Å². The fourth-order valence-corrected chi connectivity index (χ4v) is 2.27. The Balaban J connectivity index is 2.05. The van der Waals surface area contributed by atoms with E-state index in [1.165, 1.54) is 12.8 Å². The third-order valence-electron chi connectivity index (χ3n) is 2.88. The third-order valence-corrected chi connectivity index (χ3v) is 3.49. The summed E-state index contributed by atoms with van der Waals surface area (Å²) in [6.45, 7) is 2.25. The minimum Gasteiger partial charge on any atom is -0.496 e. The van der Waals surface area contributed by atoms with E-state index in [0.29, 0.717) is 6.04 Å². The van der Waals surface area contributed by atoms with E-state index in [-0.39, 0.29) is 0 Å². The summed E-state index contributed by atoms with van der Waals surface area (Å²) in [7, 11) is 1.68. The number of ether oxygens (including phenoxy) is 1. The molecule has 0 amide bonds. The summed E-state index contributed by atoms with van der Waals surface area (Å²) in [5.74, 6) is 1.74. The Bertz CT molecular complexity index is 349. The second kappa shape index (κ2) is 4.44. The van der Waals surface area contributed by atoms with Crippen molar-refractivity contribution in [3.8, 4) is 5.75 Å². The molecule has 1 aromatic carbocycles. The SMILES string of the molecule is COc1ccc(NC(C)C2CC2)cc1Br. The lowest BCUT2D eigenvalue weighted by Gasteiger charge is -2.15. The van der Waals surface area contributed by atoms with Crippen molar-refractivity contribution < 1.29 is 4.74 Å². The molecule has 0 saturated heterocycles. The highest BCUT2D eigenvalue weighted by atomic mass is 79.9. The van der Waals surface area contributed by atoms with Crippen molar-refractivity contribution in [1.29, 1.82) is 0 Å². The molecule has 1 saturated carbocycles. The van der Waals surface area contributed by atoms with E-state index < -0.39 is 0 Å². The zero-order valence-electron chi connectivity index (χ0n) is 9.09. The van der Waals surface area contributed by atoms with Gasteiger partial charge in [-0.1, -0.05) is 0 Å². The first kappa shape index (κ1) is 10.8. The number of hydrogen-bond donors (Lipinski definition) is 1. The Labute approximate surface area is 99.1 Å². The van der Waals surface area contributed by atoms with Crippen LogP contribution in [0, 0.1) is 5.92 Å². The van der Waals surface area contributed by atoms with Crippen LogP contribution in [0.15, 0.2) is 22.7 Å². The number of methoxy groups -OCH3 is 1. The normalized spacial score (nSPS) is 17.3. The molecule has 0 radical (unpaired) electrons. The molecule has 0 aliphatic heterocycles. The lowest BCUT2D eigenvalue weighted by Crippen LogP contribution is -2.17. The first-order chi connectivity index (χ1) is 7.20. The van der Waals surface area contributed by atoms with Gasteiger partial charge in [-0.3, -0.25) is 0 Å². The van der Waals surface area contributed by atoms with Crippen molar-refractivity contribution in [3.05, 3.63) is 22.7 Å². The first-order valence-electron chi connectivity index (χ1n) is 5.31. The fraction of sp³-hybridized carbons (Fsp3) is 0.500. The van der Waals surface area contributed by atoms with Crippen LogP contribution in [0.5, 0.6) is 5.75 Å². The summed E-state index contributed by atoms with van der Waals surface area (Å²) < 4.78 is 6.19. The van der Waals surface area contributed by atoms with Crippen molar-refractivity contribution in [3.63, 3.8) is 0 Å². The number of nitrogens with one attached hydrogen (secondary N) is 1. The first-order valence-corrected chi connectivity index (χ1v) is 6.10. The predicted octanol–water partition coefficient (Wildman–Crippen LogP) is 3.67. The number of benzene rings is 1. The minimum atomic E-state index is 0.574. The Morgan fingerprint density at radius 1 is 1.47 bits per heavy atom. The topological polar surface area (TPSA) is 21.3 Å².